The maximum atomic E-state index is 13.1. The Morgan fingerprint density at radius 1 is 1.26 bits per heavy atom. The largest absolute Gasteiger partial charge is 0.357 e. The molecular formula is C17H28FIN4. The molecule has 1 unspecified atom stereocenters. The molecule has 1 aromatic carbocycles. The fourth-order valence-corrected chi connectivity index (χ4v) is 2.33. The second-order valence-corrected chi connectivity index (χ2v) is 6.07. The molecule has 130 valence electrons. The SMILES string of the molecule is CCNC(=NCC(c1ccc(F)cc1)N(C)C)NCC1CC1.I. The molecule has 2 N–H and O–H groups in total. The van der Waals surface area contributed by atoms with E-state index in [4.69, 9.17) is 4.99 Å². The quantitative estimate of drug-likeness (QED) is 0.394. The van der Waals surface area contributed by atoms with Crippen molar-refractivity contribution in [1.29, 1.82) is 0 Å². The summed E-state index contributed by atoms with van der Waals surface area (Å²) in [7, 11) is 4.04. The van der Waals surface area contributed by atoms with Gasteiger partial charge in [0.2, 0.25) is 0 Å². The van der Waals surface area contributed by atoms with Gasteiger partial charge in [-0.25, -0.2) is 4.39 Å². The van der Waals surface area contributed by atoms with Crippen LogP contribution in [0.3, 0.4) is 0 Å². The lowest BCUT2D eigenvalue weighted by atomic mass is 10.1. The standard InChI is InChI=1S/C17H27FN4.HI/c1-4-19-17(20-11-13-5-6-13)21-12-16(22(2)3)14-7-9-15(18)10-8-14;/h7-10,13,16H,4-6,11-12H2,1-3H3,(H2,19,20,21);1H. The maximum Gasteiger partial charge on any atom is 0.191 e. The predicted molar refractivity (Wildman–Crippen MR) is 105 cm³/mol. The van der Waals surface area contributed by atoms with Gasteiger partial charge in [-0.2, -0.15) is 0 Å². The van der Waals surface area contributed by atoms with Crippen molar-refractivity contribution >= 4 is 29.9 Å². The average molecular weight is 434 g/mol. The summed E-state index contributed by atoms with van der Waals surface area (Å²) in [6.45, 7) is 4.55. The first-order valence-corrected chi connectivity index (χ1v) is 8.04. The monoisotopic (exact) mass is 434 g/mol. The Morgan fingerprint density at radius 2 is 1.91 bits per heavy atom. The Balaban J connectivity index is 0.00000264. The fraction of sp³-hybridized carbons (Fsp3) is 0.588. The van der Waals surface area contributed by atoms with Gasteiger partial charge in [0.15, 0.2) is 5.96 Å². The van der Waals surface area contributed by atoms with E-state index in [1.807, 2.05) is 26.2 Å². The number of hydrogen-bond donors (Lipinski definition) is 2. The van der Waals surface area contributed by atoms with Gasteiger partial charge in [0, 0.05) is 13.1 Å². The van der Waals surface area contributed by atoms with Crippen LogP contribution in [0.2, 0.25) is 0 Å². The molecule has 2 rings (SSSR count). The number of guanidine groups is 1. The number of halogens is 2. The van der Waals surface area contributed by atoms with Crippen molar-refractivity contribution in [3.8, 4) is 0 Å². The van der Waals surface area contributed by atoms with Gasteiger partial charge in [-0.1, -0.05) is 12.1 Å². The molecule has 0 aromatic heterocycles. The van der Waals surface area contributed by atoms with Gasteiger partial charge in [0.1, 0.15) is 5.82 Å². The molecule has 1 saturated carbocycles. The summed E-state index contributed by atoms with van der Waals surface area (Å²) in [6.07, 6.45) is 2.64. The Kier molecular flexibility index (Phi) is 8.83. The fourth-order valence-electron chi connectivity index (χ4n) is 2.33. The Morgan fingerprint density at radius 3 is 2.43 bits per heavy atom. The number of rotatable bonds is 7. The molecule has 1 atom stereocenters. The number of aliphatic imine (C=N–C) groups is 1. The van der Waals surface area contributed by atoms with Crippen LogP contribution in [0.25, 0.3) is 0 Å². The van der Waals surface area contributed by atoms with E-state index in [2.05, 4.69) is 22.5 Å². The van der Waals surface area contributed by atoms with Crippen molar-refractivity contribution < 1.29 is 4.39 Å². The third kappa shape index (κ3) is 7.03. The number of nitrogens with zero attached hydrogens (tertiary/aromatic N) is 2. The average Bonchev–Trinajstić information content (AvgIpc) is 3.30. The summed E-state index contributed by atoms with van der Waals surface area (Å²) < 4.78 is 13.1. The van der Waals surface area contributed by atoms with Gasteiger partial charge < -0.3 is 15.5 Å². The molecular weight excluding hydrogens is 406 g/mol. The molecule has 1 aromatic rings. The highest BCUT2D eigenvalue weighted by Gasteiger charge is 2.21. The zero-order valence-electron chi connectivity index (χ0n) is 14.2. The van der Waals surface area contributed by atoms with Crippen LogP contribution in [0.1, 0.15) is 31.4 Å². The lowest BCUT2D eigenvalue weighted by molar-refractivity contribution is 0.306. The highest BCUT2D eigenvalue weighted by molar-refractivity contribution is 14.0. The van der Waals surface area contributed by atoms with E-state index in [-0.39, 0.29) is 35.8 Å². The van der Waals surface area contributed by atoms with Gasteiger partial charge in [0.05, 0.1) is 12.6 Å². The second kappa shape index (κ2) is 10.1. The van der Waals surface area contributed by atoms with Gasteiger partial charge in [-0.05, 0) is 57.5 Å². The van der Waals surface area contributed by atoms with Crippen molar-refractivity contribution in [2.75, 3.05) is 33.7 Å². The highest BCUT2D eigenvalue weighted by atomic mass is 127. The maximum absolute atomic E-state index is 13.1. The van der Waals surface area contributed by atoms with E-state index in [0.29, 0.717) is 6.54 Å². The molecule has 0 saturated heterocycles. The predicted octanol–water partition coefficient (Wildman–Crippen LogP) is 3.01. The molecule has 0 bridgehead atoms. The van der Waals surface area contributed by atoms with E-state index in [9.17, 15) is 4.39 Å². The zero-order chi connectivity index (χ0) is 15.9. The normalized spacial score (nSPS) is 16.0. The van der Waals surface area contributed by atoms with Crippen molar-refractivity contribution in [2.24, 2.45) is 10.9 Å². The Hall–Kier alpha value is -0.890. The van der Waals surface area contributed by atoms with Crippen LogP contribution >= 0.6 is 24.0 Å². The summed E-state index contributed by atoms with van der Waals surface area (Å²) in [5.74, 6) is 1.47. The Labute approximate surface area is 156 Å². The van der Waals surface area contributed by atoms with E-state index in [0.717, 1.165) is 30.5 Å². The van der Waals surface area contributed by atoms with Crippen LogP contribution in [0, 0.1) is 11.7 Å². The first-order chi connectivity index (χ1) is 10.6. The summed E-state index contributed by atoms with van der Waals surface area (Å²) in [5, 5.41) is 6.68. The number of likely N-dealkylation sites (N-methyl/N-ethyl adjacent to an activating group) is 1. The van der Waals surface area contributed by atoms with Crippen LogP contribution in [-0.2, 0) is 0 Å². The minimum absolute atomic E-state index is 0. The summed E-state index contributed by atoms with van der Waals surface area (Å²) >= 11 is 0. The van der Waals surface area contributed by atoms with Crippen LogP contribution < -0.4 is 10.6 Å². The van der Waals surface area contributed by atoms with Crippen molar-refractivity contribution in [1.82, 2.24) is 15.5 Å². The first kappa shape index (κ1) is 20.2. The highest BCUT2D eigenvalue weighted by Crippen LogP contribution is 2.27. The van der Waals surface area contributed by atoms with Gasteiger partial charge >= 0.3 is 0 Å². The molecule has 0 radical (unpaired) electrons. The number of nitrogens with one attached hydrogen (secondary N) is 2. The topological polar surface area (TPSA) is 39.7 Å². The van der Waals surface area contributed by atoms with Crippen molar-refractivity contribution in [2.45, 2.75) is 25.8 Å². The minimum atomic E-state index is -0.204. The smallest absolute Gasteiger partial charge is 0.191 e. The molecule has 1 aliphatic carbocycles. The molecule has 4 nitrogen and oxygen atoms in total. The Bertz CT molecular complexity index is 486. The first-order valence-electron chi connectivity index (χ1n) is 8.04. The van der Waals surface area contributed by atoms with Gasteiger partial charge in [0.25, 0.3) is 0 Å². The molecule has 0 aliphatic heterocycles. The zero-order valence-corrected chi connectivity index (χ0v) is 16.5. The molecule has 0 spiro atoms. The molecule has 1 fully saturated rings. The van der Waals surface area contributed by atoms with Crippen molar-refractivity contribution in [3.63, 3.8) is 0 Å². The van der Waals surface area contributed by atoms with Crippen LogP contribution in [0.4, 0.5) is 4.39 Å². The molecule has 1 aliphatic rings. The van der Waals surface area contributed by atoms with E-state index in [1.165, 1.54) is 25.0 Å². The van der Waals surface area contributed by atoms with Crippen molar-refractivity contribution in [3.05, 3.63) is 35.6 Å². The lowest BCUT2D eigenvalue weighted by Gasteiger charge is -2.23. The van der Waals surface area contributed by atoms with E-state index < -0.39 is 0 Å². The summed E-state index contributed by atoms with van der Waals surface area (Å²) in [5.41, 5.74) is 1.08. The summed E-state index contributed by atoms with van der Waals surface area (Å²) in [4.78, 5) is 6.80. The number of benzene rings is 1. The molecule has 0 amide bonds. The summed E-state index contributed by atoms with van der Waals surface area (Å²) in [6, 6.07) is 6.81. The van der Waals surface area contributed by atoms with Crippen LogP contribution in [-0.4, -0.2) is 44.6 Å². The molecule has 6 heteroatoms. The van der Waals surface area contributed by atoms with Crippen LogP contribution in [0.15, 0.2) is 29.3 Å². The third-order valence-electron chi connectivity index (χ3n) is 3.90. The van der Waals surface area contributed by atoms with Gasteiger partial charge in [-0.3, -0.25) is 4.99 Å². The third-order valence-corrected chi connectivity index (χ3v) is 3.90. The van der Waals surface area contributed by atoms with E-state index >= 15 is 0 Å². The van der Waals surface area contributed by atoms with E-state index in [1.54, 1.807) is 0 Å². The number of hydrogen-bond acceptors (Lipinski definition) is 2. The van der Waals surface area contributed by atoms with Crippen LogP contribution in [0.5, 0.6) is 0 Å². The lowest BCUT2D eigenvalue weighted by Crippen LogP contribution is -2.39. The minimum Gasteiger partial charge on any atom is -0.357 e. The second-order valence-electron chi connectivity index (χ2n) is 6.07. The molecule has 0 heterocycles. The van der Waals surface area contributed by atoms with Gasteiger partial charge in [-0.15, -0.1) is 24.0 Å². The molecule has 23 heavy (non-hydrogen) atoms.